The molecule has 4 aliphatic rings. The van der Waals surface area contributed by atoms with Gasteiger partial charge in [-0.25, -0.2) is 9.59 Å². The lowest BCUT2D eigenvalue weighted by Gasteiger charge is -2.27. The number of nitrogens with zero attached hydrogens (tertiary/aromatic N) is 4. The highest BCUT2D eigenvalue weighted by atomic mass is 32.2. The molecule has 0 spiro atoms. The number of urea groups is 1. The van der Waals surface area contributed by atoms with E-state index in [1.807, 2.05) is 54.6 Å². The van der Waals surface area contributed by atoms with Crippen molar-refractivity contribution in [1.29, 1.82) is 0 Å². The molecule has 8 rings (SSSR count). The number of hydrogen-bond acceptors (Lipinski definition) is 13. The number of rotatable bonds is 42. The van der Waals surface area contributed by atoms with Crippen LogP contribution in [0.1, 0.15) is 178 Å². The molecule has 4 aromatic rings. The van der Waals surface area contributed by atoms with Crippen molar-refractivity contribution in [1.82, 2.24) is 15.1 Å². The normalized spacial score (nSPS) is 17.5. The van der Waals surface area contributed by atoms with Gasteiger partial charge in [0, 0.05) is 99.2 Å². The van der Waals surface area contributed by atoms with Crippen molar-refractivity contribution in [3.8, 4) is 5.75 Å². The third-order valence-corrected chi connectivity index (χ3v) is 21.5. The van der Waals surface area contributed by atoms with Crippen LogP contribution in [0.15, 0.2) is 150 Å². The Morgan fingerprint density at radius 3 is 1.94 bits per heavy atom. The fourth-order valence-electron chi connectivity index (χ4n) is 14.3. The summed E-state index contributed by atoms with van der Waals surface area (Å²) in [5, 5.41) is 32.4. The van der Waals surface area contributed by atoms with Crippen molar-refractivity contribution in [3.63, 3.8) is 0 Å². The number of aliphatic carboxylic acids is 3. The summed E-state index contributed by atoms with van der Waals surface area (Å²) in [6, 6.07) is 30.0. The van der Waals surface area contributed by atoms with Crippen LogP contribution in [-0.2, 0) is 72.7 Å². The van der Waals surface area contributed by atoms with E-state index in [1.54, 1.807) is 24.3 Å². The number of Topliss-reactive ketones (excluding diaryl/α,β-unsaturated/α-hetero) is 2. The molecule has 550 valence electrons. The van der Waals surface area contributed by atoms with Crippen molar-refractivity contribution in [2.75, 3.05) is 49.1 Å². The third-order valence-electron chi connectivity index (χ3n) is 19.9. The summed E-state index contributed by atoms with van der Waals surface area (Å²) in [4.78, 5) is 94.5. The number of ketones is 2. The molecule has 0 saturated carbocycles. The molecule has 0 aromatic heterocycles. The Hall–Kier alpha value is -8.58. The van der Waals surface area contributed by atoms with Gasteiger partial charge in [-0.05, 0) is 149 Å². The zero-order valence-electron chi connectivity index (χ0n) is 59.1. The van der Waals surface area contributed by atoms with Gasteiger partial charge in [0.25, 0.3) is 20.2 Å². The lowest BCUT2D eigenvalue weighted by atomic mass is 9.81. The number of unbranched alkanes of at least 4 members (excludes halogenated alkanes) is 7. The summed E-state index contributed by atoms with van der Waals surface area (Å²) < 4.78 is 75.1. The number of carboxylic acids is 3. The maximum Gasteiger partial charge on any atom is 0.326 e. The monoisotopic (exact) mass is 1440 g/mol. The molecule has 3 amide bonds. The fraction of sp³-hybridized carbons (Fsp3) is 0.487. The van der Waals surface area contributed by atoms with Crippen LogP contribution in [0.25, 0.3) is 0 Å². The highest BCUT2D eigenvalue weighted by molar-refractivity contribution is 7.86. The molecule has 6 N–H and O–H groups in total. The van der Waals surface area contributed by atoms with Crippen LogP contribution in [0.4, 0.5) is 16.2 Å². The van der Waals surface area contributed by atoms with E-state index in [1.165, 1.54) is 9.80 Å². The molecule has 102 heavy (non-hydrogen) atoms. The maximum atomic E-state index is 14.3. The second-order valence-electron chi connectivity index (χ2n) is 28.2. The molecule has 1 aliphatic carbocycles. The first kappa shape index (κ1) is 79.1. The number of para-hydroxylation sites is 2. The molecule has 3 atom stereocenters. The predicted molar refractivity (Wildman–Crippen MR) is 390 cm³/mol. The molecule has 3 aliphatic heterocycles. The maximum absolute atomic E-state index is 14.3. The number of fused-ring (bicyclic) bond motifs is 2. The molecule has 0 radical (unpaired) electrons. The lowest BCUT2D eigenvalue weighted by Crippen LogP contribution is -2.44. The number of nitrogens with one attached hydrogen (secondary N) is 1. The molecule has 24 heteroatoms. The summed E-state index contributed by atoms with van der Waals surface area (Å²) in [5.41, 5.74) is 8.63. The summed E-state index contributed by atoms with van der Waals surface area (Å²) in [5.74, 6) is -4.88. The number of benzene rings is 4. The number of carboxylic acid groups (broad SMARTS) is 3. The van der Waals surface area contributed by atoms with Crippen molar-refractivity contribution >= 4 is 78.7 Å². The minimum absolute atomic E-state index is 0.00658. The van der Waals surface area contributed by atoms with Crippen molar-refractivity contribution < 1.29 is 84.1 Å². The Morgan fingerprint density at radius 1 is 0.627 bits per heavy atom. The molecule has 3 heterocycles. The number of ether oxygens (including phenoxy) is 1. The van der Waals surface area contributed by atoms with Crippen LogP contribution >= 0.6 is 0 Å². The van der Waals surface area contributed by atoms with E-state index in [0.29, 0.717) is 75.1 Å². The van der Waals surface area contributed by atoms with Crippen LogP contribution in [0.5, 0.6) is 5.75 Å². The zero-order valence-corrected chi connectivity index (χ0v) is 60.7. The largest absolute Gasteiger partial charge is 0.481 e. The van der Waals surface area contributed by atoms with Crippen molar-refractivity contribution in [2.45, 2.75) is 192 Å². The van der Waals surface area contributed by atoms with Gasteiger partial charge >= 0.3 is 23.9 Å². The average molecular weight is 1440 g/mol. The summed E-state index contributed by atoms with van der Waals surface area (Å²) >= 11 is 0. The minimum Gasteiger partial charge on any atom is -0.481 e. The molecule has 0 unspecified atom stereocenters. The van der Waals surface area contributed by atoms with E-state index >= 15 is 0 Å². The quantitative estimate of drug-likeness (QED) is 0.0136. The summed E-state index contributed by atoms with van der Waals surface area (Å²) in [6.07, 6.45) is 16.7. The van der Waals surface area contributed by atoms with Crippen LogP contribution in [0.3, 0.4) is 0 Å². The van der Waals surface area contributed by atoms with Crippen molar-refractivity contribution in [2.24, 2.45) is 5.92 Å². The third kappa shape index (κ3) is 22.5. The number of allylic oxidation sites excluding steroid dienone is 7. The Bertz CT molecular complexity index is 4060. The first-order chi connectivity index (χ1) is 48.5. The second kappa shape index (κ2) is 36.5. The SMILES string of the molecule is CC1(C)C(=CC=C2CCCC(C=CC3=[N+](CCCCS(=O)(=O)O)c4ccccc4C3(C)C)=C2Oc2ccc(C[C@H](CC(=O)[C@H](Cc3ccccc3)NC(=O)CCCCCCCCC(=O)CC[C@@H](C(=O)O)N3CCN(CCCC(=O)O)C3=O)C(=O)O)cc2)N(CCCCS(=O)(=O)O)c2ccccc21. The number of amides is 3. The standard InChI is InChI=1S/C78H99N5O17S2/c1-77(2)62-29-14-16-31-65(62)81(46-18-20-50-101(94,95)96)69(77)43-37-57-26-22-27-58(38-44-70-78(3,4)63-30-15-17-32-66(63)82(70)47-19-21-51-102(97,98)99)73(57)100-61-40-35-56(36-41-61)52-59(74(89)90)54-68(85)64(53-55-24-10-9-11-25-55)79-71(86)33-13-8-6-5-7-12-28-60(84)39-42-67(75(91)92)83-49-48-80(76(83)93)45-23-34-72(87)88/h9-11,14-17,24-25,29-32,35-38,40-41,43-44,59,64,67H,5-8,12-13,18-23,26-28,33-34,39,42,45-54H2,1-4H3,(H5-,79,86,87,88,89,90,91,92,94,95,96,97,98,99)/p+1/t59-,64+,67+/m1/s1. The van der Waals surface area contributed by atoms with Crippen LogP contribution in [0, 0.1) is 5.92 Å². The van der Waals surface area contributed by atoms with E-state index in [2.05, 4.69) is 91.1 Å². The summed E-state index contributed by atoms with van der Waals surface area (Å²) in [6.45, 7) is 10.3. The Balaban J connectivity index is 0.928. The van der Waals surface area contributed by atoms with Gasteiger partial charge in [0.2, 0.25) is 11.6 Å². The van der Waals surface area contributed by atoms with Gasteiger partial charge in [-0.1, -0.05) is 124 Å². The molecule has 4 aromatic carbocycles. The molecule has 0 bridgehead atoms. The minimum atomic E-state index is -4.14. The van der Waals surface area contributed by atoms with E-state index < -0.39 is 78.8 Å². The second-order valence-corrected chi connectivity index (χ2v) is 31.4. The number of carbonyl (C=O) groups is 7. The number of hydrogen-bond donors (Lipinski definition) is 6. The Kier molecular flexibility index (Phi) is 28.3. The fourth-order valence-corrected chi connectivity index (χ4v) is 15.5. The first-order valence-corrected chi connectivity index (χ1v) is 38.9. The average Bonchev–Trinajstić information content (AvgIpc) is 1.60. The lowest BCUT2D eigenvalue weighted by molar-refractivity contribution is -0.438. The smallest absolute Gasteiger partial charge is 0.326 e. The van der Waals surface area contributed by atoms with Crippen LogP contribution in [-0.4, -0.2) is 159 Å². The van der Waals surface area contributed by atoms with E-state index in [9.17, 15) is 69.7 Å². The van der Waals surface area contributed by atoms with Crippen LogP contribution in [0.2, 0.25) is 0 Å². The van der Waals surface area contributed by atoms with Gasteiger partial charge < -0.3 is 40.1 Å². The highest BCUT2D eigenvalue weighted by Crippen LogP contribution is 2.48. The van der Waals surface area contributed by atoms with E-state index in [4.69, 9.17) is 9.84 Å². The zero-order chi connectivity index (χ0) is 73.8. The van der Waals surface area contributed by atoms with Gasteiger partial charge in [0.1, 0.15) is 29.9 Å². The van der Waals surface area contributed by atoms with Gasteiger partial charge in [-0.2, -0.15) is 21.4 Å². The van der Waals surface area contributed by atoms with Gasteiger partial charge in [-0.3, -0.25) is 33.1 Å². The van der Waals surface area contributed by atoms with Gasteiger partial charge in [0.05, 0.1) is 28.9 Å². The van der Waals surface area contributed by atoms with Crippen molar-refractivity contribution in [3.05, 3.63) is 172 Å². The molecular weight excluding hydrogens is 1340 g/mol. The first-order valence-electron chi connectivity index (χ1n) is 35.7. The topological polar surface area (TPSA) is 323 Å². The Morgan fingerprint density at radius 2 is 1.26 bits per heavy atom. The van der Waals surface area contributed by atoms with Gasteiger partial charge in [0.15, 0.2) is 11.5 Å². The van der Waals surface area contributed by atoms with E-state index in [0.717, 1.165) is 76.3 Å². The molecule has 1 fully saturated rings. The molecule has 1 saturated heterocycles. The predicted octanol–water partition coefficient (Wildman–Crippen LogP) is 12.5. The molecule has 22 nitrogen and oxygen atoms in total. The number of anilines is 1. The highest BCUT2D eigenvalue weighted by Gasteiger charge is 2.45. The Labute approximate surface area is 599 Å². The summed E-state index contributed by atoms with van der Waals surface area (Å²) in [7, 11) is -8.27. The van der Waals surface area contributed by atoms with E-state index in [-0.39, 0.29) is 113 Å². The van der Waals surface area contributed by atoms with Gasteiger partial charge in [-0.15, -0.1) is 0 Å². The van der Waals surface area contributed by atoms with Crippen LogP contribution < -0.4 is 15.0 Å². The molecular formula is C78H100N5O17S2+. The number of carbonyl (C=O) groups excluding carboxylic acids is 4.